The molecule has 4 aromatic rings. The van der Waals surface area contributed by atoms with Crippen LogP contribution in [0, 0.1) is 20.8 Å². The molecule has 1 N–H and O–H groups in total. The number of ether oxygens (including phenoxy) is 3. The van der Waals surface area contributed by atoms with Crippen molar-refractivity contribution in [1.29, 1.82) is 0 Å². The summed E-state index contributed by atoms with van der Waals surface area (Å²) in [5, 5.41) is 3.16. The molecule has 284 valence electrons. The Bertz CT molecular complexity index is 1860. The molecule has 0 radical (unpaired) electrons. The van der Waals surface area contributed by atoms with Crippen LogP contribution in [0.3, 0.4) is 0 Å². The number of nitrogens with one attached hydrogen (secondary N) is 1. The molecule has 0 bridgehead atoms. The van der Waals surface area contributed by atoms with E-state index in [9.17, 15) is 18.0 Å². The number of carbonyl (C=O) groups is 1. The second-order valence-electron chi connectivity index (χ2n) is 13.4. The Labute approximate surface area is 313 Å². The van der Waals surface area contributed by atoms with E-state index in [4.69, 9.17) is 25.8 Å². The highest BCUT2D eigenvalue weighted by Crippen LogP contribution is 2.34. The fraction of sp³-hybridized carbons (Fsp3) is 0.410. The Morgan fingerprint density at radius 1 is 0.981 bits per heavy atom. The number of anilines is 3. The van der Waals surface area contributed by atoms with Gasteiger partial charge >= 0.3 is 12.3 Å². The first-order valence-corrected chi connectivity index (χ1v) is 17.9. The monoisotopic (exact) mass is 754 g/mol. The van der Waals surface area contributed by atoms with Gasteiger partial charge in [-0.05, 0) is 94.1 Å². The lowest BCUT2D eigenvalue weighted by molar-refractivity contribution is -0.137. The normalized spacial score (nSPS) is 13.9. The molecule has 0 spiro atoms. The van der Waals surface area contributed by atoms with E-state index in [1.54, 1.807) is 25.3 Å². The van der Waals surface area contributed by atoms with Gasteiger partial charge in [0, 0.05) is 61.7 Å². The Morgan fingerprint density at radius 3 is 2.36 bits per heavy atom. The van der Waals surface area contributed by atoms with Gasteiger partial charge in [-0.3, -0.25) is 9.80 Å². The highest BCUT2D eigenvalue weighted by Gasteiger charge is 2.32. The molecule has 0 aliphatic carbocycles. The summed E-state index contributed by atoms with van der Waals surface area (Å²) in [5.41, 5.74) is 2.16. The first-order chi connectivity index (χ1) is 25.2. The second-order valence-corrected chi connectivity index (χ2v) is 13.8. The molecule has 0 saturated carbocycles. The van der Waals surface area contributed by atoms with E-state index in [2.05, 4.69) is 38.9 Å². The fourth-order valence-corrected chi connectivity index (χ4v) is 6.46. The van der Waals surface area contributed by atoms with Gasteiger partial charge in [-0.2, -0.15) is 18.2 Å². The number of hydrogen-bond donors (Lipinski definition) is 1. The second kappa shape index (κ2) is 17.5. The van der Waals surface area contributed by atoms with Crippen molar-refractivity contribution in [2.24, 2.45) is 0 Å². The average molecular weight is 755 g/mol. The molecule has 0 atom stereocenters. The van der Waals surface area contributed by atoms with Crippen molar-refractivity contribution >= 4 is 35.1 Å². The maximum absolute atomic E-state index is 13.8. The van der Waals surface area contributed by atoms with Crippen molar-refractivity contribution in [2.75, 3.05) is 56.7 Å². The first-order valence-electron chi connectivity index (χ1n) is 17.5. The van der Waals surface area contributed by atoms with Crippen LogP contribution in [0.2, 0.25) is 5.02 Å². The van der Waals surface area contributed by atoms with Gasteiger partial charge in [0.15, 0.2) is 11.5 Å². The maximum atomic E-state index is 13.8. The summed E-state index contributed by atoms with van der Waals surface area (Å²) < 4.78 is 58.5. The molecule has 14 heteroatoms. The highest BCUT2D eigenvalue weighted by atomic mass is 35.5. The number of carbonyl (C=O) groups excluding carboxylic acids is 1. The number of amides is 1. The third-order valence-corrected chi connectivity index (χ3v) is 9.44. The third-order valence-electron chi connectivity index (χ3n) is 9.07. The summed E-state index contributed by atoms with van der Waals surface area (Å²) in [7, 11) is 1.55. The molecule has 0 unspecified atom stereocenters. The van der Waals surface area contributed by atoms with Crippen LogP contribution in [0.5, 0.6) is 17.2 Å². The number of halogens is 4. The van der Waals surface area contributed by atoms with Crippen molar-refractivity contribution in [2.45, 2.75) is 59.8 Å². The summed E-state index contributed by atoms with van der Waals surface area (Å²) >= 11 is 6.36. The van der Waals surface area contributed by atoms with Crippen molar-refractivity contribution in [1.82, 2.24) is 19.8 Å². The van der Waals surface area contributed by atoms with Crippen molar-refractivity contribution in [3.8, 4) is 17.2 Å². The molecular formula is C39H46ClF3N6O4. The molecule has 1 aliphatic rings. The lowest BCUT2D eigenvalue weighted by atomic mass is 10.1. The number of aromatic nitrogens is 2. The van der Waals surface area contributed by atoms with Gasteiger partial charge < -0.3 is 24.4 Å². The minimum atomic E-state index is -4.61. The zero-order chi connectivity index (χ0) is 38.3. The van der Waals surface area contributed by atoms with E-state index in [-0.39, 0.29) is 28.9 Å². The SMILES string of the molecule is COc1cc(Nc2nccc(N(Cc3cc(C(F)(F)F)ccc3Cl)C(=O)Oc3c(C)cc(C)cc3C)n2)ccc1OCCCN1CCN(C(C)C)CC1. The molecule has 5 rings (SSSR count). The van der Waals surface area contributed by atoms with Gasteiger partial charge in [0.05, 0.1) is 25.8 Å². The van der Waals surface area contributed by atoms with E-state index >= 15 is 0 Å². The topological polar surface area (TPSA) is 92.3 Å². The highest BCUT2D eigenvalue weighted by molar-refractivity contribution is 6.31. The predicted molar refractivity (Wildman–Crippen MR) is 201 cm³/mol. The van der Waals surface area contributed by atoms with E-state index in [1.807, 2.05) is 32.9 Å². The predicted octanol–water partition coefficient (Wildman–Crippen LogP) is 8.83. The molecule has 1 fully saturated rings. The fourth-order valence-electron chi connectivity index (χ4n) is 6.28. The number of alkyl halides is 3. The van der Waals surface area contributed by atoms with E-state index < -0.39 is 17.8 Å². The van der Waals surface area contributed by atoms with Crippen LogP contribution in [0.4, 0.5) is 35.4 Å². The van der Waals surface area contributed by atoms with Crippen molar-refractivity contribution < 1.29 is 32.2 Å². The largest absolute Gasteiger partial charge is 0.493 e. The standard InChI is InChI=1S/C39H46ClF3N6O4/c1-25(2)48-17-15-47(16-18-48)14-7-19-52-33-11-9-31(23-34(33)51-6)45-37-44-13-12-35(46-37)49(24-29-22-30(39(41,42)43)8-10-32(29)40)38(50)53-36-27(4)20-26(3)21-28(36)5/h8-13,20-23,25H,7,14-19,24H2,1-6H3,(H,44,45,46). The summed E-state index contributed by atoms with van der Waals surface area (Å²) in [5.74, 6) is 1.62. The summed E-state index contributed by atoms with van der Waals surface area (Å²) in [6, 6.07) is 14.0. The Morgan fingerprint density at radius 2 is 1.70 bits per heavy atom. The lowest BCUT2D eigenvalue weighted by Crippen LogP contribution is -2.49. The van der Waals surface area contributed by atoms with Crippen LogP contribution < -0.4 is 24.4 Å². The molecule has 1 amide bonds. The quantitative estimate of drug-likeness (QED) is 0.135. The van der Waals surface area contributed by atoms with Crippen molar-refractivity contribution in [3.63, 3.8) is 0 Å². The van der Waals surface area contributed by atoms with E-state index in [0.717, 1.165) is 78.9 Å². The van der Waals surface area contributed by atoms with E-state index in [0.29, 0.717) is 35.6 Å². The van der Waals surface area contributed by atoms with Crippen LogP contribution in [0.25, 0.3) is 0 Å². The van der Waals surface area contributed by atoms with Crippen LogP contribution in [0.1, 0.15) is 48.1 Å². The minimum Gasteiger partial charge on any atom is -0.493 e. The molecule has 53 heavy (non-hydrogen) atoms. The van der Waals surface area contributed by atoms with Crippen LogP contribution >= 0.6 is 11.6 Å². The molecular weight excluding hydrogens is 709 g/mol. The molecule has 3 aromatic carbocycles. The van der Waals surface area contributed by atoms with Crippen LogP contribution in [0.15, 0.2) is 60.8 Å². The lowest BCUT2D eigenvalue weighted by Gasteiger charge is -2.36. The summed E-state index contributed by atoms with van der Waals surface area (Å²) in [4.78, 5) is 28.8. The summed E-state index contributed by atoms with van der Waals surface area (Å²) in [6.45, 7) is 15.4. The van der Waals surface area contributed by atoms with Crippen molar-refractivity contribution in [3.05, 3.63) is 93.6 Å². The first kappa shape index (κ1) is 39.6. The molecule has 10 nitrogen and oxygen atoms in total. The zero-order valence-electron chi connectivity index (χ0n) is 30.9. The van der Waals surface area contributed by atoms with Gasteiger partial charge in [-0.1, -0.05) is 29.3 Å². The van der Waals surface area contributed by atoms with Gasteiger partial charge in [-0.15, -0.1) is 0 Å². The smallest absolute Gasteiger partial charge is 0.421 e. The molecule has 1 saturated heterocycles. The number of methoxy groups -OCH3 is 1. The average Bonchev–Trinajstić information content (AvgIpc) is 3.11. The zero-order valence-corrected chi connectivity index (χ0v) is 31.6. The number of piperazine rings is 1. The molecule has 2 heterocycles. The number of rotatable bonds is 13. The van der Waals surface area contributed by atoms with Gasteiger partial charge in [0.25, 0.3) is 0 Å². The number of aryl methyl sites for hydroxylation is 3. The number of benzene rings is 3. The summed E-state index contributed by atoms with van der Waals surface area (Å²) in [6.07, 6.45) is -3.17. The molecule has 1 aromatic heterocycles. The van der Waals surface area contributed by atoms with Gasteiger partial charge in [0.2, 0.25) is 5.95 Å². The van der Waals surface area contributed by atoms with E-state index in [1.165, 1.54) is 12.3 Å². The molecule has 1 aliphatic heterocycles. The number of hydrogen-bond acceptors (Lipinski definition) is 9. The van der Waals surface area contributed by atoms with Crippen LogP contribution in [-0.4, -0.2) is 78.3 Å². The Balaban J connectivity index is 1.32. The Hall–Kier alpha value is -4.59. The number of nitrogens with zero attached hydrogens (tertiary/aromatic N) is 5. The maximum Gasteiger partial charge on any atom is 0.421 e. The minimum absolute atomic E-state index is 0.0461. The van der Waals surface area contributed by atoms with Gasteiger partial charge in [-0.25, -0.2) is 9.78 Å². The van der Waals surface area contributed by atoms with Gasteiger partial charge in [0.1, 0.15) is 11.6 Å². The Kier molecular flexibility index (Phi) is 13.1. The van der Waals surface area contributed by atoms with Crippen LogP contribution in [-0.2, 0) is 12.7 Å². The third kappa shape index (κ3) is 10.5.